The van der Waals surface area contributed by atoms with E-state index >= 15 is 0 Å². The summed E-state index contributed by atoms with van der Waals surface area (Å²) >= 11 is 0. The van der Waals surface area contributed by atoms with Crippen LogP contribution >= 0.6 is 0 Å². The van der Waals surface area contributed by atoms with E-state index in [0.717, 1.165) is 59.7 Å². The molecule has 4 heterocycles. The van der Waals surface area contributed by atoms with Gasteiger partial charge in [0.2, 0.25) is 0 Å². The van der Waals surface area contributed by atoms with E-state index in [0.29, 0.717) is 17.2 Å². The zero-order chi connectivity index (χ0) is 20.7. The topological polar surface area (TPSA) is 72.3 Å². The molecular formula is C23H23BN6. The van der Waals surface area contributed by atoms with Crippen molar-refractivity contribution in [1.82, 2.24) is 24.5 Å². The van der Waals surface area contributed by atoms with Crippen LogP contribution in [0.4, 0.5) is 5.82 Å². The van der Waals surface area contributed by atoms with Gasteiger partial charge >= 0.3 is 0 Å². The second kappa shape index (κ2) is 7.57. The average molecular weight is 394 g/mol. The van der Waals surface area contributed by atoms with Gasteiger partial charge in [0.25, 0.3) is 0 Å². The maximum absolute atomic E-state index is 6.37. The minimum absolute atomic E-state index is 0.315. The SMILES string of the molecule is [B]c1c(C2CCN(C)CC2)nc2c(-c3ccc(-c4ccccc4)nc3)cnn2c1N. The first-order chi connectivity index (χ1) is 14.6. The molecule has 0 amide bonds. The Hall–Kier alpha value is -3.19. The van der Waals surface area contributed by atoms with Crippen LogP contribution in [0.3, 0.4) is 0 Å². The van der Waals surface area contributed by atoms with E-state index < -0.39 is 0 Å². The molecule has 2 radical (unpaired) electrons. The summed E-state index contributed by atoms with van der Waals surface area (Å²) in [5, 5.41) is 4.45. The largest absolute Gasteiger partial charge is 0.384 e. The zero-order valence-corrected chi connectivity index (χ0v) is 17.0. The number of anilines is 1. The van der Waals surface area contributed by atoms with Gasteiger partial charge in [0, 0.05) is 34.5 Å². The van der Waals surface area contributed by atoms with Gasteiger partial charge in [-0.25, -0.2) is 4.98 Å². The lowest BCUT2D eigenvalue weighted by molar-refractivity contribution is 0.254. The van der Waals surface area contributed by atoms with Crippen molar-refractivity contribution in [2.45, 2.75) is 18.8 Å². The van der Waals surface area contributed by atoms with Crippen LogP contribution < -0.4 is 11.2 Å². The third kappa shape index (κ3) is 3.25. The first-order valence-electron chi connectivity index (χ1n) is 10.2. The highest BCUT2D eigenvalue weighted by atomic mass is 15.3. The van der Waals surface area contributed by atoms with E-state index in [9.17, 15) is 0 Å². The normalized spacial score (nSPS) is 15.6. The molecule has 0 atom stereocenters. The maximum Gasteiger partial charge on any atom is 0.165 e. The summed E-state index contributed by atoms with van der Waals surface area (Å²) in [6.45, 7) is 2.07. The van der Waals surface area contributed by atoms with E-state index in [1.165, 1.54) is 0 Å². The zero-order valence-electron chi connectivity index (χ0n) is 17.0. The molecule has 6 nitrogen and oxygen atoms in total. The van der Waals surface area contributed by atoms with Crippen molar-refractivity contribution < 1.29 is 0 Å². The molecule has 0 unspecified atom stereocenters. The highest BCUT2D eigenvalue weighted by Gasteiger charge is 2.24. The Morgan fingerprint density at radius 3 is 2.47 bits per heavy atom. The second-order valence-electron chi connectivity index (χ2n) is 7.97. The first kappa shape index (κ1) is 18.8. The van der Waals surface area contributed by atoms with Crippen molar-refractivity contribution in [3.8, 4) is 22.4 Å². The monoisotopic (exact) mass is 394 g/mol. The predicted molar refractivity (Wildman–Crippen MR) is 121 cm³/mol. The summed E-state index contributed by atoms with van der Waals surface area (Å²) in [4.78, 5) is 11.9. The Morgan fingerprint density at radius 2 is 1.77 bits per heavy atom. The third-order valence-corrected chi connectivity index (χ3v) is 6.00. The number of nitrogens with zero attached hydrogens (tertiary/aromatic N) is 5. The lowest BCUT2D eigenvalue weighted by Crippen LogP contribution is -2.33. The Labute approximate surface area is 177 Å². The second-order valence-corrected chi connectivity index (χ2v) is 7.97. The smallest absolute Gasteiger partial charge is 0.165 e. The summed E-state index contributed by atoms with van der Waals surface area (Å²) < 4.78 is 1.63. The molecule has 4 aromatic rings. The quantitative estimate of drug-likeness (QED) is 0.541. The molecule has 0 bridgehead atoms. The van der Waals surface area contributed by atoms with Gasteiger partial charge in [0.15, 0.2) is 5.65 Å². The van der Waals surface area contributed by atoms with Crippen molar-refractivity contribution in [3.63, 3.8) is 0 Å². The standard InChI is InChI=1S/C23H23BN6/c1-29-11-9-16(10-12-29)21-20(24)22(25)30-23(28-21)18(14-27-30)17-7-8-19(26-13-17)15-5-3-2-4-6-15/h2-8,13-14,16H,9-12,25H2,1H3. The average Bonchev–Trinajstić information content (AvgIpc) is 3.22. The number of piperidine rings is 1. The maximum atomic E-state index is 6.37. The fourth-order valence-corrected chi connectivity index (χ4v) is 4.18. The number of fused-ring (bicyclic) bond motifs is 1. The highest BCUT2D eigenvalue weighted by molar-refractivity contribution is 6.36. The molecule has 1 aromatic carbocycles. The molecular weight excluding hydrogens is 371 g/mol. The molecule has 7 heteroatoms. The Kier molecular flexibility index (Phi) is 4.75. The number of hydrogen-bond donors (Lipinski definition) is 1. The lowest BCUT2D eigenvalue weighted by Gasteiger charge is -2.29. The molecule has 2 N–H and O–H groups in total. The fourth-order valence-electron chi connectivity index (χ4n) is 4.18. The van der Waals surface area contributed by atoms with Crippen molar-refractivity contribution >= 4 is 24.8 Å². The number of likely N-dealkylation sites (tertiary alicyclic amines) is 1. The fraction of sp³-hybridized carbons (Fsp3) is 0.261. The van der Waals surface area contributed by atoms with Gasteiger partial charge < -0.3 is 10.6 Å². The lowest BCUT2D eigenvalue weighted by atomic mass is 9.84. The molecule has 0 spiro atoms. The highest BCUT2D eigenvalue weighted by Crippen LogP contribution is 2.30. The van der Waals surface area contributed by atoms with Gasteiger partial charge in [-0.05, 0) is 44.5 Å². The van der Waals surface area contributed by atoms with Gasteiger partial charge in [-0.3, -0.25) is 4.98 Å². The van der Waals surface area contributed by atoms with Gasteiger partial charge in [-0.2, -0.15) is 9.61 Å². The number of aromatic nitrogens is 4. The predicted octanol–water partition coefficient (Wildman–Crippen LogP) is 2.64. The molecule has 1 saturated heterocycles. The molecule has 1 aliphatic heterocycles. The van der Waals surface area contributed by atoms with Crippen molar-refractivity contribution in [3.05, 3.63) is 60.6 Å². The molecule has 0 saturated carbocycles. The number of nitrogen functional groups attached to an aromatic ring is 1. The summed E-state index contributed by atoms with van der Waals surface area (Å²) in [6.07, 6.45) is 5.71. The van der Waals surface area contributed by atoms with Crippen molar-refractivity contribution in [2.24, 2.45) is 0 Å². The molecule has 1 aliphatic rings. The van der Waals surface area contributed by atoms with E-state index in [1.807, 2.05) is 30.5 Å². The molecule has 148 valence electrons. The van der Waals surface area contributed by atoms with Crippen LogP contribution in [-0.2, 0) is 0 Å². The molecule has 0 aliphatic carbocycles. The number of pyridine rings is 1. The first-order valence-corrected chi connectivity index (χ1v) is 10.2. The van der Waals surface area contributed by atoms with Crippen LogP contribution in [-0.4, -0.2) is 52.5 Å². The number of benzene rings is 1. The van der Waals surface area contributed by atoms with Gasteiger partial charge in [0.1, 0.15) is 13.7 Å². The van der Waals surface area contributed by atoms with Crippen LogP contribution in [0.1, 0.15) is 24.5 Å². The Morgan fingerprint density at radius 1 is 1.00 bits per heavy atom. The van der Waals surface area contributed by atoms with Gasteiger partial charge in [0.05, 0.1) is 11.9 Å². The number of nitrogens with two attached hydrogens (primary N) is 1. The van der Waals surface area contributed by atoms with E-state index in [-0.39, 0.29) is 0 Å². The molecule has 5 rings (SSSR count). The van der Waals surface area contributed by atoms with E-state index in [2.05, 4.69) is 40.2 Å². The molecule has 1 fully saturated rings. The Bertz CT molecular complexity index is 1180. The van der Waals surface area contributed by atoms with E-state index in [1.54, 1.807) is 10.7 Å². The van der Waals surface area contributed by atoms with E-state index in [4.69, 9.17) is 18.6 Å². The van der Waals surface area contributed by atoms with Crippen LogP contribution in [0.15, 0.2) is 54.9 Å². The van der Waals surface area contributed by atoms with Crippen LogP contribution in [0, 0.1) is 0 Å². The summed E-state index contributed by atoms with van der Waals surface area (Å²) in [6, 6.07) is 14.2. The summed E-state index contributed by atoms with van der Waals surface area (Å²) in [7, 11) is 8.52. The van der Waals surface area contributed by atoms with Crippen LogP contribution in [0.25, 0.3) is 28.0 Å². The minimum atomic E-state index is 0.315. The molecule has 3 aromatic heterocycles. The van der Waals surface area contributed by atoms with Crippen molar-refractivity contribution in [1.29, 1.82) is 0 Å². The molecule has 30 heavy (non-hydrogen) atoms. The van der Waals surface area contributed by atoms with Gasteiger partial charge in [-0.1, -0.05) is 36.4 Å². The third-order valence-electron chi connectivity index (χ3n) is 6.00. The van der Waals surface area contributed by atoms with Crippen LogP contribution in [0.5, 0.6) is 0 Å². The summed E-state index contributed by atoms with van der Waals surface area (Å²) in [5.74, 6) is 0.767. The number of rotatable bonds is 3. The van der Waals surface area contributed by atoms with Crippen molar-refractivity contribution in [2.75, 3.05) is 25.9 Å². The van der Waals surface area contributed by atoms with Gasteiger partial charge in [-0.15, -0.1) is 0 Å². The van der Waals surface area contributed by atoms with Crippen LogP contribution in [0.2, 0.25) is 0 Å². The minimum Gasteiger partial charge on any atom is -0.384 e. The Balaban J connectivity index is 1.55. The summed E-state index contributed by atoms with van der Waals surface area (Å²) in [5.41, 5.74) is 12.4. The number of hydrogen-bond acceptors (Lipinski definition) is 5.